The third kappa shape index (κ3) is 5.66. The Morgan fingerprint density at radius 2 is 1.74 bits per heavy atom. The molecule has 1 unspecified atom stereocenters. The summed E-state index contributed by atoms with van der Waals surface area (Å²) in [4.78, 5) is 32.1. The lowest BCUT2D eigenvalue weighted by Crippen LogP contribution is -2.33. The van der Waals surface area contributed by atoms with Crippen molar-refractivity contribution in [2.45, 2.75) is 31.9 Å². The molecule has 4 rings (SSSR count). The SMILES string of the molecule is CCc1ccccc1N=C1SC(CC(=O)Nc2cccc(Oc3ccccc3)c2)C(=O)N1CC. The van der Waals surface area contributed by atoms with Crippen LogP contribution < -0.4 is 10.1 Å². The summed E-state index contributed by atoms with van der Waals surface area (Å²) in [6.45, 7) is 4.51. The fourth-order valence-electron chi connectivity index (χ4n) is 3.68. The van der Waals surface area contributed by atoms with Crippen LogP contribution in [0, 0.1) is 0 Å². The van der Waals surface area contributed by atoms with Gasteiger partial charge in [-0.05, 0) is 49.2 Å². The second-order valence-electron chi connectivity index (χ2n) is 7.76. The molecule has 174 valence electrons. The number of nitrogens with one attached hydrogen (secondary N) is 1. The van der Waals surface area contributed by atoms with Crippen LogP contribution in [0.5, 0.6) is 11.5 Å². The summed E-state index contributed by atoms with van der Waals surface area (Å²) < 4.78 is 5.84. The molecule has 0 spiro atoms. The fourth-order valence-corrected chi connectivity index (χ4v) is 4.90. The third-order valence-corrected chi connectivity index (χ3v) is 6.57. The van der Waals surface area contributed by atoms with E-state index in [0.717, 1.165) is 23.4 Å². The molecule has 7 heteroatoms. The van der Waals surface area contributed by atoms with Gasteiger partial charge >= 0.3 is 0 Å². The van der Waals surface area contributed by atoms with Crippen LogP contribution in [0.4, 0.5) is 11.4 Å². The number of anilines is 1. The van der Waals surface area contributed by atoms with Gasteiger partial charge in [-0.2, -0.15) is 0 Å². The Kier molecular flexibility index (Phi) is 7.65. The smallest absolute Gasteiger partial charge is 0.242 e. The van der Waals surface area contributed by atoms with Gasteiger partial charge in [-0.3, -0.25) is 14.5 Å². The molecule has 1 N–H and O–H groups in total. The van der Waals surface area contributed by atoms with Crippen LogP contribution in [0.15, 0.2) is 83.9 Å². The standard InChI is InChI=1S/C27H27N3O3S/c1-3-19-11-8-9-16-23(19)29-27-30(4-2)26(32)24(34-27)18-25(31)28-20-12-10-15-22(17-20)33-21-13-6-5-7-14-21/h5-17,24H,3-4,18H2,1-2H3,(H,28,31). The number of aliphatic imine (C=N–C) groups is 1. The topological polar surface area (TPSA) is 71.0 Å². The minimum atomic E-state index is -0.503. The van der Waals surface area contributed by atoms with Crippen molar-refractivity contribution in [3.05, 3.63) is 84.4 Å². The molecular formula is C27H27N3O3S. The van der Waals surface area contributed by atoms with Gasteiger partial charge in [0.2, 0.25) is 11.8 Å². The molecule has 1 saturated heterocycles. The van der Waals surface area contributed by atoms with Crippen LogP contribution >= 0.6 is 11.8 Å². The number of thioether (sulfide) groups is 1. The molecule has 0 radical (unpaired) electrons. The number of nitrogens with zero attached hydrogens (tertiary/aromatic N) is 2. The van der Waals surface area contributed by atoms with Crippen LogP contribution in [0.3, 0.4) is 0 Å². The summed E-state index contributed by atoms with van der Waals surface area (Å²) in [5, 5.41) is 3.03. The van der Waals surface area contributed by atoms with Gasteiger partial charge in [-0.15, -0.1) is 0 Å². The van der Waals surface area contributed by atoms with Crippen molar-refractivity contribution in [3.63, 3.8) is 0 Å². The van der Waals surface area contributed by atoms with E-state index in [1.165, 1.54) is 11.8 Å². The summed E-state index contributed by atoms with van der Waals surface area (Å²) in [5.41, 5.74) is 2.60. The average Bonchev–Trinajstić information content (AvgIpc) is 3.13. The molecule has 34 heavy (non-hydrogen) atoms. The highest BCUT2D eigenvalue weighted by atomic mass is 32.2. The Labute approximate surface area is 204 Å². The van der Waals surface area contributed by atoms with E-state index < -0.39 is 5.25 Å². The maximum absolute atomic E-state index is 13.0. The van der Waals surface area contributed by atoms with E-state index >= 15 is 0 Å². The van der Waals surface area contributed by atoms with Crippen LogP contribution in [0.1, 0.15) is 25.8 Å². The first kappa shape index (κ1) is 23.6. The predicted molar refractivity (Wildman–Crippen MR) is 138 cm³/mol. The van der Waals surface area contributed by atoms with Gasteiger partial charge < -0.3 is 10.1 Å². The van der Waals surface area contributed by atoms with Gasteiger partial charge in [0.1, 0.15) is 16.7 Å². The maximum Gasteiger partial charge on any atom is 0.242 e. The first-order chi connectivity index (χ1) is 16.6. The Bertz CT molecular complexity index is 1200. The Morgan fingerprint density at radius 1 is 1.00 bits per heavy atom. The van der Waals surface area contributed by atoms with Crippen LogP contribution in [0.2, 0.25) is 0 Å². The van der Waals surface area contributed by atoms with E-state index in [2.05, 4.69) is 12.2 Å². The number of benzene rings is 3. The van der Waals surface area contributed by atoms with E-state index in [-0.39, 0.29) is 18.2 Å². The summed E-state index contributed by atoms with van der Waals surface area (Å²) in [5.74, 6) is 1.03. The fraction of sp³-hybridized carbons (Fsp3) is 0.222. The van der Waals surface area contributed by atoms with Crippen LogP contribution in [0.25, 0.3) is 0 Å². The molecule has 6 nitrogen and oxygen atoms in total. The van der Waals surface area contributed by atoms with E-state index in [0.29, 0.717) is 23.1 Å². The number of ether oxygens (including phenoxy) is 1. The molecule has 2 amide bonds. The van der Waals surface area contributed by atoms with E-state index in [9.17, 15) is 9.59 Å². The van der Waals surface area contributed by atoms with Crippen LogP contribution in [-0.2, 0) is 16.0 Å². The largest absolute Gasteiger partial charge is 0.457 e. The molecule has 1 atom stereocenters. The quantitative estimate of drug-likeness (QED) is 0.434. The second kappa shape index (κ2) is 11.0. The highest BCUT2D eigenvalue weighted by molar-refractivity contribution is 8.15. The van der Waals surface area contributed by atoms with Gasteiger partial charge in [0.05, 0.1) is 5.69 Å². The van der Waals surface area contributed by atoms with E-state index in [1.54, 1.807) is 17.0 Å². The van der Waals surface area contributed by atoms with Gasteiger partial charge in [0, 0.05) is 24.7 Å². The van der Waals surface area contributed by atoms with Crippen LogP contribution in [-0.4, -0.2) is 33.7 Å². The molecule has 0 aliphatic carbocycles. The first-order valence-corrected chi connectivity index (χ1v) is 12.2. The predicted octanol–water partition coefficient (Wildman–Crippen LogP) is 6.02. The number of aryl methyl sites for hydroxylation is 1. The van der Waals surface area contributed by atoms with Crippen molar-refractivity contribution in [2.24, 2.45) is 4.99 Å². The Morgan fingerprint density at radius 3 is 2.50 bits per heavy atom. The Balaban J connectivity index is 1.42. The highest BCUT2D eigenvalue weighted by Gasteiger charge is 2.38. The molecule has 1 aliphatic rings. The van der Waals surface area contributed by atoms with Crippen molar-refractivity contribution >= 4 is 40.1 Å². The highest BCUT2D eigenvalue weighted by Crippen LogP contribution is 2.33. The number of carbonyl (C=O) groups is 2. The normalized spacial score (nSPS) is 16.6. The van der Waals surface area contributed by atoms with Crippen molar-refractivity contribution in [3.8, 4) is 11.5 Å². The van der Waals surface area contributed by atoms with E-state index in [4.69, 9.17) is 9.73 Å². The van der Waals surface area contributed by atoms with Gasteiger partial charge in [0.15, 0.2) is 5.17 Å². The third-order valence-electron chi connectivity index (χ3n) is 5.39. The molecule has 3 aromatic rings. The minimum Gasteiger partial charge on any atom is -0.457 e. The second-order valence-corrected chi connectivity index (χ2v) is 8.93. The van der Waals surface area contributed by atoms with Crippen molar-refractivity contribution in [2.75, 3.05) is 11.9 Å². The molecule has 1 aliphatic heterocycles. The lowest BCUT2D eigenvalue weighted by Gasteiger charge is -2.14. The summed E-state index contributed by atoms with van der Waals surface area (Å²) >= 11 is 1.35. The first-order valence-electron chi connectivity index (χ1n) is 11.3. The monoisotopic (exact) mass is 473 g/mol. The van der Waals surface area contributed by atoms with Gasteiger partial charge in [-0.25, -0.2) is 4.99 Å². The number of hydrogen-bond acceptors (Lipinski definition) is 5. The molecule has 0 bridgehead atoms. The zero-order chi connectivity index (χ0) is 23.9. The van der Waals surface area contributed by atoms with Gasteiger partial charge in [-0.1, -0.05) is 61.2 Å². The maximum atomic E-state index is 13.0. The molecule has 0 aromatic heterocycles. The van der Waals surface area contributed by atoms with Crippen molar-refractivity contribution in [1.29, 1.82) is 0 Å². The molecular weight excluding hydrogens is 446 g/mol. The number of amidine groups is 1. The lowest BCUT2D eigenvalue weighted by molar-refractivity contribution is -0.128. The number of carbonyl (C=O) groups excluding carboxylic acids is 2. The number of rotatable bonds is 8. The Hall–Kier alpha value is -3.58. The molecule has 3 aromatic carbocycles. The lowest BCUT2D eigenvalue weighted by atomic mass is 10.1. The number of para-hydroxylation sites is 2. The zero-order valence-corrected chi connectivity index (χ0v) is 20.0. The molecule has 1 fully saturated rings. The van der Waals surface area contributed by atoms with Crippen molar-refractivity contribution in [1.82, 2.24) is 4.90 Å². The number of amides is 2. The minimum absolute atomic E-state index is 0.0677. The molecule has 0 saturated carbocycles. The number of hydrogen-bond donors (Lipinski definition) is 1. The summed E-state index contributed by atoms with van der Waals surface area (Å²) in [6, 6.07) is 24.6. The summed E-state index contributed by atoms with van der Waals surface area (Å²) in [6.07, 6.45) is 0.925. The van der Waals surface area contributed by atoms with Crippen molar-refractivity contribution < 1.29 is 14.3 Å². The zero-order valence-electron chi connectivity index (χ0n) is 19.2. The van der Waals surface area contributed by atoms with Gasteiger partial charge in [0.25, 0.3) is 0 Å². The summed E-state index contributed by atoms with van der Waals surface area (Å²) in [7, 11) is 0. The molecule has 1 heterocycles. The average molecular weight is 474 g/mol. The van der Waals surface area contributed by atoms with E-state index in [1.807, 2.05) is 73.7 Å².